The average Bonchev–Trinajstić information content (AvgIpc) is 3.05. The highest BCUT2D eigenvalue weighted by Gasteiger charge is 2.35. The molecule has 0 aliphatic rings. The van der Waals surface area contributed by atoms with Crippen molar-refractivity contribution in [2.75, 3.05) is 13.7 Å². The maximum atomic E-state index is 14.2. The van der Waals surface area contributed by atoms with Crippen LogP contribution in [0.4, 0.5) is 0 Å². The van der Waals surface area contributed by atoms with Crippen molar-refractivity contribution in [3.05, 3.63) is 126 Å². The predicted octanol–water partition coefficient (Wildman–Crippen LogP) is 9.26. The van der Waals surface area contributed by atoms with E-state index >= 15 is 0 Å². The number of aromatic nitrogens is 1. The van der Waals surface area contributed by atoms with E-state index in [1.165, 1.54) is 12.7 Å². The van der Waals surface area contributed by atoms with Gasteiger partial charge in [-0.1, -0.05) is 114 Å². The Morgan fingerprint density at radius 2 is 1.38 bits per heavy atom. The van der Waals surface area contributed by atoms with E-state index in [0.29, 0.717) is 18.7 Å². The van der Waals surface area contributed by atoms with Gasteiger partial charge in [0.25, 0.3) is 5.91 Å². The lowest BCUT2D eigenvalue weighted by atomic mass is 9.87. The summed E-state index contributed by atoms with van der Waals surface area (Å²) in [5.74, 6) is 0.643. The third-order valence-corrected chi connectivity index (χ3v) is 8.11. The van der Waals surface area contributed by atoms with Crippen LogP contribution in [0.1, 0.15) is 63.2 Å². The second-order valence-electron chi connectivity index (χ2n) is 14.3. The molecule has 5 rings (SSSR count). The van der Waals surface area contributed by atoms with E-state index in [1.807, 2.05) is 93.6 Å². The van der Waals surface area contributed by atoms with E-state index in [4.69, 9.17) is 9.47 Å². The van der Waals surface area contributed by atoms with Crippen LogP contribution in [0.5, 0.6) is 11.5 Å². The van der Waals surface area contributed by atoms with Gasteiger partial charge in [0, 0.05) is 24.5 Å². The monoisotopic (exact) mass is 628 g/mol. The van der Waals surface area contributed by atoms with Crippen LogP contribution in [-0.4, -0.2) is 41.5 Å². The molecular formula is C41H44N2O4. The first-order valence-corrected chi connectivity index (χ1v) is 16.0. The first kappa shape index (κ1) is 33.4. The van der Waals surface area contributed by atoms with Gasteiger partial charge in [-0.2, -0.15) is 0 Å². The van der Waals surface area contributed by atoms with Gasteiger partial charge in [0.1, 0.15) is 23.2 Å². The van der Waals surface area contributed by atoms with Crippen molar-refractivity contribution in [1.29, 1.82) is 0 Å². The Bertz CT molecular complexity index is 1830. The summed E-state index contributed by atoms with van der Waals surface area (Å²) in [4.78, 5) is 33.7. The molecular weight excluding hydrogens is 584 g/mol. The van der Waals surface area contributed by atoms with Gasteiger partial charge in [0.15, 0.2) is 0 Å². The molecule has 0 saturated carbocycles. The molecule has 1 heterocycles. The minimum atomic E-state index is -0.827. The molecule has 4 aromatic carbocycles. The SMILES string of the molecule is COC(=O)[C@H](Cc1ccc(-c2ccccc2)cc1)N(CC(C)(C)C)C(=O)c1cc2ccc(Oc3ccc(C(C)(C)C)cc3)cc2cn1. The second-order valence-corrected chi connectivity index (χ2v) is 14.3. The van der Waals surface area contributed by atoms with E-state index in [1.54, 1.807) is 17.2 Å². The van der Waals surface area contributed by atoms with Crippen LogP contribution in [0.15, 0.2) is 109 Å². The van der Waals surface area contributed by atoms with Crippen molar-refractivity contribution in [3.63, 3.8) is 0 Å². The number of methoxy groups -OCH3 is 1. The normalized spacial score (nSPS) is 12.4. The van der Waals surface area contributed by atoms with Gasteiger partial charge in [0.2, 0.25) is 0 Å². The summed E-state index contributed by atoms with van der Waals surface area (Å²) in [6, 6.07) is 33.0. The number of rotatable bonds is 9. The smallest absolute Gasteiger partial charge is 0.328 e. The molecule has 6 nitrogen and oxygen atoms in total. The van der Waals surface area contributed by atoms with Gasteiger partial charge >= 0.3 is 5.97 Å². The molecule has 0 spiro atoms. The maximum Gasteiger partial charge on any atom is 0.328 e. The van der Waals surface area contributed by atoms with Gasteiger partial charge in [0.05, 0.1) is 7.11 Å². The minimum Gasteiger partial charge on any atom is -0.467 e. The number of hydrogen-bond donors (Lipinski definition) is 0. The lowest BCUT2D eigenvalue weighted by Gasteiger charge is -2.35. The number of pyridine rings is 1. The fourth-order valence-electron chi connectivity index (χ4n) is 5.58. The maximum absolute atomic E-state index is 14.2. The summed E-state index contributed by atoms with van der Waals surface area (Å²) in [7, 11) is 1.36. The summed E-state index contributed by atoms with van der Waals surface area (Å²) in [6.07, 6.45) is 2.00. The zero-order valence-electron chi connectivity index (χ0n) is 28.4. The zero-order chi connectivity index (χ0) is 33.8. The van der Waals surface area contributed by atoms with Crippen molar-refractivity contribution in [2.45, 2.75) is 59.4 Å². The molecule has 0 saturated heterocycles. The van der Waals surface area contributed by atoms with Gasteiger partial charge in [-0.15, -0.1) is 0 Å². The van der Waals surface area contributed by atoms with Gasteiger partial charge < -0.3 is 14.4 Å². The molecule has 1 amide bonds. The molecule has 0 unspecified atom stereocenters. The van der Waals surface area contributed by atoms with Crippen LogP contribution in [-0.2, 0) is 21.4 Å². The number of nitrogens with zero attached hydrogens (tertiary/aromatic N) is 2. The van der Waals surface area contributed by atoms with Crippen LogP contribution in [0.3, 0.4) is 0 Å². The highest BCUT2D eigenvalue weighted by Crippen LogP contribution is 2.30. The Balaban J connectivity index is 1.39. The van der Waals surface area contributed by atoms with Gasteiger partial charge in [-0.25, -0.2) is 4.79 Å². The van der Waals surface area contributed by atoms with Crippen LogP contribution in [0, 0.1) is 5.41 Å². The Hall–Kier alpha value is -4.97. The molecule has 0 aliphatic carbocycles. The predicted molar refractivity (Wildman–Crippen MR) is 189 cm³/mol. The molecule has 242 valence electrons. The van der Waals surface area contributed by atoms with Crippen molar-refractivity contribution in [3.8, 4) is 22.6 Å². The fourth-order valence-corrected chi connectivity index (χ4v) is 5.58. The van der Waals surface area contributed by atoms with E-state index in [-0.39, 0.29) is 22.4 Å². The number of carbonyl (C=O) groups excluding carboxylic acids is 2. The highest BCUT2D eigenvalue weighted by atomic mass is 16.5. The average molecular weight is 629 g/mol. The topological polar surface area (TPSA) is 68.7 Å². The number of esters is 1. The Morgan fingerprint density at radius 1 is 0.745 bits per heavy atom. The van der Waals surface area contributed by atoms with E-state index in [2.05, 4.69) is 50.0 Å². The molecule has 0 fully saturated rings. The number of amides is 1. The van der Waals surface area contributed by atoms with Crippen LogP contribution < -0.4 is 4.74 Å². The first-order chi connectivity index (χ1) is 22.3. The second kappa shape index (κ2) is 13.8. The summed E-state index contributed by atoms with van der Waals surface area (Å²) < 4.78 is 11.4. The Kier molecular flexibility index (Phi) is 9.80. The molecule has 0 radical (unpaired) electrons. The number of benzene rings is 4. The summed E-state index contributed by atoms with van der Waals surface area (Å²) in [6.45, 7) is 13.0. The summed E-state index contributed by atoms with van der Waals surface area (Å²) in [5, 5.41) is 1.69. The standard InChI is InChI=1S/C41H44N2O4/c1-40(2,3)27-43(37(39(45)46-7)23-28-13-15-30(16-14-28)29-11-9-8-10-12-29)38(44)36-25-31-17-20-35(24-32(31)26-42-36)47-34-21-18-33(19-22-34)41(4,5)6/h8-22,24-26,37H,23,27H2,1-7H3/t37-/m0/s1. The zero-order valence-corrected chi connectivity index (χ0v) is 28.4. The molecule has 5 aromatic rings. The van der Waals surface area contributed by atoms with Crippen molar-refractivity contribution in [2.24, 2.45) is 5.41 Å². The van der Waals surface area contributed by atoms with Crippen LogP contribution in [0.25, 0.3) is 21.9 Å². The van der Waals surface area contributed by atoms with Gasteiger partial charge in [-0.05, 0) is 68.8 Å². The number of hydrogen-bond acceptors (Lipinski definition) is 5. The van der Waals surface area contributed by atoms with Crippen LogP contribution >= 0.6 is 0 Å². The molecule has 47 heavy (non-hydrogen) atoms. The quantitative estimate of drug-likeness (QED) is 0.152. The molecule has 1 atom stereocenters. The summed E-state index contributed by atoms with van der Waals surface area (Å²) in [5.41, 5.74) is 4.41. The highest BCUT2D eigenvalue weighted by molar-refractivity contribution is 5.98. The van der Waals surface area contributed by atoms with Crippen molar-refractivity contribution < 1.29 is 19.1 Å². The van der Waals surface area contributed by atoms with E-state index in [0.717, 1.165) is 33.2 Å². The first-order valence-electron chi connectivity index (χ1n) is 16.0. The van der Waals surface area contributed by atoms with E-state index in [9.17, 15) is 9.59 Å². The lowest BCUT2D eigenvalue weighted by molar-refractivity contribution is -0.146. The van der Waals surface area contributed by atoms with Gasteiger partial charge in [-0.3, -0.25) is 9.78 Å². The molecule has 1 aromatic heterocycles. The van der Waals surface area contributed by atoms with Crippen molar-refractivity contribution in [1.82, 2.24) is 9.88 Å². The third-order valence-electron chi connectivity index (χ3n) is 8.11. The van der Waals surface area contributed by atoms with Crippen molar-refractivity contribution >= 4 is 22.6 Å². The largest absolute Gasteiger partial charge is 0.467 e. The van der Waals surface area contributed by atoms with Crippen LogP contribution in [0.2, 0.25) is 0 Å². The lowest BCUT2D eigenvalue weighted by Crippen LogP contribution is -2.50. The Labute approximate surface area is 278 Å². The molecule has 0 N–H and O–H groups in total. The molecule has 0 bridgehead atoms. The fraction of sp³-hybridized carbons (Fsp3) is 0.293. The number of fused-ring (bicyclic) bond motifs is 1. The molecule has 0 aliphatic heterocycles. The number of ether oxygens (including phenoxy) is 2. The minimum absolute atomic E-state index is 0.0652. The molecule has 6 heteroatoms. The number of carbonyl (C=O) groups is 2. The Morgan fingerprint density at radius 3 is 2.00 bits per heavy atom. The third kappa shape index (κ3) is 8.44. The van der Waals surface area contributed by atoms with E-state index < -0.39 is 12.0 Å². The summed E-state index contributed by atoms with van der Waals surface area (Å²) >= 11 is 0.